The van der Waals surface area contributed by atoms with Crippen LogP contribution >= 0.6 is 11.6 Å². The van der Waals surface area contributed by atoms with Crippen molar-refractivity contribution in [2.75, 3.05) is 0 Å². The molecule has 1 aromatic rings. The molecule has 1 aliphatic heterocycles. The second-order valence-electron chi connectivity index (χ2n) is 4.96. The SMILES string of the molecule is O=C1C[C@@H]2C[C@H](OC(=O)c3ccccc3Cl)C=C[C@@H]2O1. The molecule has 0 unspecified atom stereocenters. The van der Waals surface area contributed by atoms with Crippen LogP contribution < -0.4 is 0 Å². The van der Waals surface area contributed by atoms with Gasteiger partial charge >= 0.3 is 11.9 Å². The Morgan fingerprint density at radius 3 is 2.90 bits per heavy atom. The fourth-order valence-electron chi connectivity index (χ4n) is 2.57. The van der Waals surface area contributed by atoms with Gasteiger partial charge in [-0.2, -0.15) is 0 Å². The van der Waals surface area contributed by atoms with Crippen molar-refractivity contribution >= 4 is 23.5 Å². The highest BCUT2D eigenvalue weighted by molar-refractivity contribution is 6.33. The molecule has 0 aromatic heterocycles. The van der Waals surface area contributed by atoms with Crippen LogP contribution in [-0.2, 0) is 14.3 Å². The summed E-state index contributed by atoms with van der Waals surface area (Å²) >= 11 is 5.96. The van der Waals surface area contributed by atoms with Crippen LogP contribution in [0, 0.1) is 5.92 Å². The number of hydrogen-bond donors (Lipinski definition) is 0. The van der Waals surface area contributed by atoms with E-state index in [4.69, 9.17) is 21.1 Å². The quantitative estimate of drug-likeness (QED) is 0.621. The van der Waals surface area contributed by atoms with Crippen molar-refractivity contribution in [1.82, 2.24) is 0 Å². The van der Waals surface area contributed by atoms with E-state index in [1.54, 1.807) is 36.4 Å². The van der Waals surface area contributed by atoms with Crippen LogP contribution in [0.1, 0.15) is 23.2 Å². The first-order chi connectivity index (χ1) is 9.63. The summed E-state index contributed by atoms with van der Waals surface area (Å²) in [6.45, 7) is 0. The molecule has 3 atom stereocenters. The molecule has 1 saturated heterocycles. The smallest absolute Gasteiger partial charge is 0.340 e. The lowest BCUT2D eigenvalue weighted by molar-refractivity contribution is -0.140. The number of carbonyl (C=O) groups excluding carboxylic acids is 2. The van der Waals surface area contributed by atoms with Crippen LogP contribution in [0.3, 0.4) is 0 Å². The number of halogens is 1. The molecule has 0 amide bonds. The van der Waals surface area contributed by atoms with E-state index in [1.807, 2.05) is 0 Å². The van der Waals surface area contributed by atoms with Gasteiger partial charge in [-0.25, -0.2) is 4.79 Å². The van der Waals surface area contributed by atoms with Crippen molar-refractivity contribution in [3.63, 3.8) is 0 Å². The summed E-state index contributed by atoms with van der Waals surface area (Å²) in [6.07, 6.45) is 4.04. The van der Waals surface area contributed by atoms with Crippen LogP contribution in [0.4, 0.5) is 0 Å². The lowest BCUT2D eigenvalue weighted by Gasteiger charge is -2.24. The molecule has 5 heteroatoms. The van der Waals surface area contributed by atoms with Gasteiger partial charge in [0.05, 0.1) is 17.0 Å². The molecule has 104 valence electrons. The highest BCUT2D eigenvalue weighted by Gasteiger charge is 2.38. The van der Waals surface area contributed by atoms with E-state index < -0.39 is 5.97 Å². The standard InChI is InChI=1S/C15H13ClO4/c16-12-4-2-1-3-11(12)15(18)19-10-5-6-13-9(7-10)8-14(17)20-13/h1-6,9-10,13H,7-8H2/t9-,10+,13-/m0/s1. The Morgan fingerprint density at radius 2 is 2.10 bits per heavy atom. The zero-order valence-electron chi connectivity index (χ0n) is 10.6. The van der Waals surface area contributed by atoms with Crippen LogP contribution in [0.15, 0.2) is 36.4 Å². The zero-order chi connectivity index (χ0) is 14.1. The van der Waals surface area contributed by atoms with E-state index in [9.17, 15) is 9.59 Å². The average molecular weight is 293 g/mol. The second kappa shape index (κ2) is 5.29. The lowest BCUT2D eigenvalue weighted by atomic mass is 9.89. The fourth-order valence-corrected chi connectivity index (χ4v) is 2.78. The number of hydrogen-bond acceptors (Lipinski definition) is 4. The van der Waals surface area contributed by atoms with Gasteiger partial charge in [0, 0.05) is 5.92 Å². The topological polar surface area (TPSA) is 52.6 Å². The minimum Gasteiger partial charge on any atom is -0.458 e. The summed E-state index contributed by atoms with van der Waals surface area (Å²) in [7, 11) is 0. The Morgan fingerprint density at radius 1 is 1.30 bits per heavy atom. The first kappa shape index (κ1) is 13.2. The summed E-state index contributed by atoms with van der Waals surface area (Å²) in [5, 5.41) is 0.370. The third kappa shape index (κ3) is 2.56. The van der Waals surface area contributed by atoms with Gasteiger partial charge in [0.25, 0.3) is 0 Å². The first-order valence-electron chi connectivity index (χ1n) is 6.47. The average Bonchev–Trinajstić information content (AvgIpc) is 2.78. The molecule has 1 heterocycles. The predicted molar refractivity (Wildman–Crippen MR) is 72.4 cm³/mol. The van der Waals surface area contributed by atoms with Crippen molar-refractivity contribution in [2.24, 2.45) is 5.92 Å². The van der Waals surface area contributed by atoms with Gasteiger partial charge in [0.2, 0.25) is 0 Å². The fraction of sp³-hybridized carbons (Fsp3) is 0.333. The van der Waals surface area contributed by atoms with Crippen molar-refractivity contribution in [3.05, 3.63) is 47.0 Å². The molecule has 4 nitrogen and oxygen atoms in total. The molecule has 20 heavy (non-hydrogen) atoms. The van der Waals surface area contributed by atoms with Crippen LogP contribution in [0.5, 0.6) is 0 Å². The minimum atomic E-state index is -0.450. The van der Waals surface area contributed by atoms with E-state index in [0.29, 0.717) is 23.4 Å². The molecule has 0 spiro atoms. The number of rotatable bonds is 2. The third-order valence-electron chi connectivity index (χ3n) is 3.56. The number of benzene rings is 1. The summed E-state index contributed by atoms with van der Waals surface area (Å²) < 4.78 is 10.6. The van der Waals surface area contributed by atoms with Crippen LogP contribution in [0.25, 0.3) is 0 Å². The van der Waals surface area contributed by atoms with E-state index in [2.05, 4.69) is 0 Å². The predicted octanol–water partition coefficient (Wildman–Crippen LogP) is 2.76. The molecule has 2 aliphatic rings. The molecular weight excluding hydrogens is 280 g/mol. The van der Waals surface area contributed by atoms with E-state index in [1.165, 1.54) is 0 Å². The molecule has 1 aromatic carbocycles. The molecule has 0 radical (unpaired) electrons. The van der Waals surface area contributed by atoms with Crippen molar-refractivity contribution in [2.45, 2.75) is 25.0 Å². The zero-order valence-corrected chi connectivity index (χ0v) is 11.4. The van der Waals surface area contributed by atoms with Crippen molar-refractivity contribution in [1.29, 1.82) is 0 Å². The Hall–Kier alpha value is -1.81. The second-order valence-corrected chi connectivity index (χ2v) is 5.37. The van der Waals surface area contributed by atoms with Crippen LogP contribution in [-0.4, -0.2) is 24.1 Å². The number of ether oxygens (including phenoxy) is 2. The highest BCUT2D eigenvalue weighted by atomic mass is 35.5. The van der Waals surface area contributed by atoms with Gasteiger partial charge in [0.1, 0.15) is 12.2 Å². The molecule has 0 bridgehead atoms. The van der Waals surface area contributed by atoms with Gasteiger partial charge in [-0.3, -0.25) is 4.79 Å². The van der Waals surface area contributed by atoms with Gasteiger partial charge in [0.15, 0.2) is 0 Å². The maximum atomic E-state index is 12.1. The van der Waals surface area contributed by atoms with E-state index >= 15 is 0 Å². The molecule has 1 aliphatic carbocycles. The molecule has 1 fully saturated rings. The van der Waals surface area contributed by atoms with E-state index in [-0.39, 0.29) is 24.1 Å². The molecule has 3 rings (SSSR count). The Bertz CT molecular complexity index is 581. The number of carbonyl (C=O) groups is 2. The Labute approximate surface area is 121 Å². The van der Waals surface area contributed by atoms with E-state index in [0.717, 1.165) is 0 Å². The highest BCUT2D eigenvalue weighted by Crippen LogP contribution is 2.32. The maximum absolute atomic E-state index is 12.1. The van der Waals surface area contributed by atoms with Crippen LogP contribution in [0.2, 0.25) is 5.02 Å². The lowest BCUT2D eigenvalue weighted by Crippen LogP contribution is -2.27. The summed E-state index contributed by atoms with van der Waals surface area (Å²) in [6, 6.07) is 6.76. The number of fused-ring (bicyclic) bond motifs is 1. The molecule has 0 saturated carbocycles. The minimum absolute atomic E-state index is 0.0940. The van der Waals surface area contributed by atoms with Crippen molar-refractivity contribution < 1.29 is 19.1 Å². The van der Waals surface area contributed by atoms with Gasteiger partial charge in [-0.05, 0) is 30.7 Å². The van der Waals surface area contributed by atoms with Gasteiger partial charge < -0.3 is 9.47 Å². The van der Waals surface area contributed by atoms with Crippen molar-refractivity contribution in [3.8, 4) is 0 Å². The Balaban J connectivity index is 1.68. The summed E-state index contributed by atoms with van der Waals surface area (Å²) in [5.41, 5.74) is 0.350. The Kier molecular flexibility index (Phi) is 3.49. The maximum Gasteiger partial charge on any atom is 0.340 e. The molecule has 0 N–H and O–H groups in total. The summed E-state index contributed by atoms with van der Waals surface area (Å²) in [4.78, 5) is 23.3. The first-order valence-corrected chi connectivity index (χ1v) is 6.84. The monoisotopic (exact) mass is 292 g/mol. The number of esters is 2. The summed E-state index contributed by atoms with van der Waals surface area (Å²) in [5.74, 6) is -0.548. The normalized spacial score (nSPS) is 27.9. The largest absolute Gasteiger partial charge is 0.458 e. The van der Waals surface area contributed by atoms with Gasteiger partial charge in [-0.15, -0.1) is 0 Å². The third-order valence-corrected chi connectivity index (χ3v) is 3.89. The molecular formula is C15H13ClO4. The van der Waals surface area contributed by atoms with Gasteiger partial charge in [-0.1, -0.05) is 23.7 Å².